The molecule has 1 aliphatic carbocycles. The molecule has 2 saturated heterocycles. The van der Waals surface area contributed by atoms with Crippen molar-refractivity contribution in [2.75, 3.05) is 6.61 Å². The van der Waals surface area contributed by atoms with Crippen molar-refractivity contribution in [1.82, 2.24) is 14.5 Å². The van der Waals surface area contributed by atoms with Crippen molar-refractivity contribution >= 4 is 17.0 Å². The molecule has 3 atom stereocenters. The van der Waals surface area contributed by atoms with Crippen LogP contribution in [-0.4, -0.2) is 45.2 Å². The first-order valence-corrected chi connectivity index (χ1v) is 13.1. The number of esters is 1. The quantitative estimate of drug-likeness (QED) is 0.595. The Bertz CT molecular complexity index is 1040. The van der Waals surface area contributed by atoms with E-state index in [0.29, 0.717) is 23.6 Å². The second kappa shape index (κ2) is 9.96. The number of benzene rings is 1. The molecular formula is C27H37N3O3. The number of hydrogen-bond donors (Lipinski definition) is 0. The van der Waals surface area contributed by atoms with E-state index >= 15 is 0 Å². The van der Waals surface area contributed by atoms with Crippen LogP contribution in [0.5, 0.6) is 0 Å². The monoisotopic (exact) mass is 451 g/mol. The first-order chi connectivity index (χ1) is 16.2. The van der Waals surface area contributed by atoms with Gasteiger partial charge in [0.15, 0.2) is 0 Å². The number of nitrogens with zero attached hydrogens (tertiary/aromatic N) is 3. The molecule has 6 heteroatoms. The largest absolute Gasteiger partial charge is 0.461 e. The summed E-state index contributed by atoms with van der Waals surface area (Å²) >= 11 is 0. The number of ether oxygens (including phenoxy) is 1. The molecule has 5 rings (SSSR count). The summed E-state index contributed by atoms with van der Waals surface area (Å²) in [5, 5.41) is 0. The van der Waals surface area contributed by atoms with E-state index < -0.39 is 5.97 Å². The minimum Gasteiger partial charge on any atom is -0.461 e. The molecule has 1 saturated carbocycles. The molecule has 0 unspecified atom stereocenters. The van der Waals surface area contributed by atoms with Gasteiger partial charge in [0.2, 0.25) is 5.69 Å². The van der Waals surface area contributed by atoms with Crippen LogP contribution in [0.25, 0.3) is 11.0 Å². The highest BCUT2D eigenvalue weighted by molar-refractivity contribution is 5.89. The van der Waals surface area contributed by atoms with Crippen LogP contribution in [0.1, 0.15) is 101 Å². The lowest BCUT2D eigenvalue weighted by Gasteiger charge is -2.34. The zero-order valence-electron chi connectivity index (χ0n) is 19.9. The van der Waals surface area contributed by atoms with Crippen LogP contribution in [0.15, 0.2) is 29.1 Å². The molecule has 3 fully saturated rings. The van der Waals surface area contributed by atoms with Gasteiger partial charge in [0.1, 0.15) is 0 Å². The van der Waals surface area contributed by atoms with Gasteiger partial charge in [-0.05, 0) is 51.2 Å². The fourth-order valence-corrected chi connectivity index (χ4v) is 6.75. The summed E-state index contributed by atoms with van der Waals surface area (Å²) < 4.78 is 7.07. The second-order valence-corrected chi connectivity index (χ2v) is 10.1. The van der Waals surface area contributed by atoms with E-state index in [9.17, 15) is 9.59 Å². The van der Waals surface area contributed by atoms with E-state index in [1.165, 1.54) is 64.2 Å². The molecule has 3 aliphatic rings. The Kier molecular flexibility index (Phi) is 6.81. The topological polar surface area (TPSA) is 64.4 Å². The number of rotatable bonds is 4. The van der Waals surface area contributed by atoms with Gasteiger partial charge in [0.05, 0.1) is 23.7 Å². The molecule has 1 aromatic carbocycles. The van der Waals surface area contributed by atoms with Crippen molar-refractivity contribution < 1.29 is 9.53 Å². The van der Waals surface area contributed by atoms with Crippen LogP contribution < -0.4 is 5.56 Å². The van der Waals surface area contributed by atoms with Gasteiger partial charge >= 0.3 is 5.97 Å². The number of hydrogen-bond acceptors (Lipinski definition) is 5. The number of carbonyl (C=O) groups excluding carboxylic acids is 1. The summed E-state index contributed by atoms with van der Waals surface area (Å²) in [5.74, 6) is -0.616. The summed E-state index contributed by atoms with van der Waals surface area (Å²) in [7, 11) is 0. The Morgan fingerprint density at radius 2 is 1.64 bits per heavy atom. The summed E-state index contributed by atoms with van der Waals surface area (Å²) in [4.78, 5) is 33.4. The summed E-state index contributed by atoms with van der Waals surface area (Å²) in [6.07, 6.45) is 15.4. The van der Waals surface area contributed by atoms with Crippen LogP contribution in [0, 0.1) is 0 Å². The molecule has 6 nitrogen and oxygen atoms in total. The molecule has 178 valence electrons. The Hall–Kier alpha value is -2.21. The predicted molar refractivity (Wildman–Crippen MR) is 130 cm³/mol. The van der Waals surface area contributed by atoms with Gasteiger partial charge in [0.25, 0.3) is 5.56 Å². The normalized spacial score (nSPS) is 27.1. The third-order valence-electron chi connectivity index (χ3n) is 8.15. The smallest absolute Gasteiger partial charge is 0.362 e. The van der Waals surface area contributed by atoms with Crippen LogP contribution in [0.3, 0.4) is 0 Å². The van der Waals surface area contributed by atoms with Gasteiger partial charge < -0.3 is 4.74 Å². The number of fused-ring (bicyclic) bond motifs is 3. The Morgan fingerprint density at radius 1 is 0.939 bits per heavy atom. The molecule has 2 aliphatic heterocycles. The highest BCUT2D eigenvalue weighted by Crippen LogP contribution is 2.47. The lowest BCUT2D eigenvalue weighted by atomic mass is 9.94. The zero-order chi connectivity index (χ0) is 22.8. The molecule has 33 heavy (non-hydrogen) atoms. The van der Waals surface area contributed by atoms with Crippen LogP contribution in [0.4, 0.5) is 0 Å². The Balaban J connectivity index is 1.50. The molecule has 0 spiro atoms. The second-order valence-electron chi connectivity index (χ2n) is 10.1. The minimum absolute atomic E-state index is 0.0800. The molecule has 0 amide bonds. The molecule has 2 aromatic rings. The van der Waals surface area contributed by atoms with E-state index in [1.54, 1.807) is 6.92 Å². The van der Waals surface area contributed by atoms with E-state index in [2.05, 4.69) is 9.88 Å². The number of carbonyl (C=O) groups is 1. The van der Waals surface area contributed by atoms with Gasteiger partial charge in [-0.1, -0.05) is 57.1 Å². The molecular weight excluding hydrogens is 414 g/mol. The van der Waals surface area contributed by atoms with Crippen molar-refractivity contribution in [3.63, 3.8) is 0 Å². The maximum Gasteiger partial charge on any atom is 0.362 e. The van der Waals surface area contributed by atoms with Crippen molar-refractivity contribution in [2.24, 2.45) is 0 Å². The van der Waals surface area contributed by atoms with Gasteiger partial charge in [-0.3, -0.25) is 14.3 Å². The fourth-order valence-electron chi connectivity index (χ4n) is 6.75. The lowest BCUT2D eigenvalue weighted by Crippen LogP contribution is -2.42. The third kappa shape index (κ3) is 4.34. The molecule has 1 aromatic heterocycles. The third-order valence-corrected chi connectivity index (χ3v) is 8.15. The number of aromatic nitrogens is 2. The van der Waals surface area contributed by atoms with E-state index in [-0.39, 0.29) is 23.9 Å². The maximum atomic E-state index is 13.6. The van der Waals surface area contributed by atoms with Crippen LogP contribution in [-0.2, 0) is 4.74 Å². The van der Waals surface area contributed by atoms with Crippen molar-refractivity contribution in [1.29, 1.82) is 0 Å². The fraction of sp³-hybridized carbons (Fsp3) is 0.667. The van der Waals surface area contributed by atoms with Crippen molar-refractivity contribution in [3.8, 4) is 0 Å². The van der Waals surface area contributed by atoms with E-state index in [0.717, 1.165) is 18.4 Å². The molecule has 0 radical (unpaired) electrons. The Labute approximate surface area is 196 Å². The molecule has 2 bridgehead atoms. The maximum absolute atomic E-state index is 13.6. The molecule has 0 N–H and O–H groups in total. The van der Waals surface area contributed by atoms with Gasteiger partial charge in [-0.15, -0.1) is 0 Å². The van der Waals surface area contributed by atoms with Crippen molar-refractivity contribution in [3.05, 3.63) is 40.3 Å². The number of para-hydroxylation sites is 2. The Morgan fingerprint density at radius 3 is 2.36 bits per heavy atom. The van der Waals surface area contributed by atoms with Gasteiger partial charge in [-0.2, -0.15) is 0 Å². The average molecular weight is 452 g/mol. The molecule has 3 heterocycles. The highest BCUT2D eigenvalue weighted by atomic mass is 16.5. The van der Waals surface area contributed by atoms with E-state index in [1.807, 2.05) is 28.8 Å². The predicted octanol–water partition coefficient (Wildman–Crippen LogP) is 5.24. The summed E-state index contributed by atoms with van der Waals surface area (Å²) in [5.41, 5.74) is 1.14. The zero-order valence-corrected chi connectivity index (χ0v) is 19.9. The van der Waals surface area contributed by atoms with Crippen molar-refractivity contribution in [2.45, 2.75) is 108 Å². The SMILES string of the molecule is CCOC(=O)c1nc2ccccc2n([C@@H]2C[C@@H]3CC[C@H]2N3C2CCCCCCCCC2)c1=O. The summed E-state index contributed by atoms with van der Waals surface area (Å²) in [6.45, 7) is 1.99. The average Bonchev–Trinajstić information content (AvgIpc) is 3.40. The van der Waals surface area contributed by atoms with Gasteiger partial charge in [0, 0.05) is 18.1 Å². The standard InChI is InChI=1S/C27H37N3O3/c1-2-33-27(32)25-26(31)30(22-15-11-10-14-21(22)28-25)24-18-20-16-17-23(24)29(20)19-12-8-6-4-3-5-7-9-13-19/h10-11,14-15,19-20,23-24H,2-9,12-13,16-18H2,1H3/t20-,23+,24+/m0/s1. The van der Waals surface area contributed by atoms with Crippen LogP contribution in [0.2, 0.25) is 0 Å². The lowest BCUT2D eigenvalue weighted by molar-refractivity contribution is 0.0516. The first kappa shape index (κ1) is 22.6. The van der Waals surface area contributed by atoms with E-state index in [4.69, 9.17) is 4.74 Å². The minimum atomic E-state index is -0.616. The summed E-state index contributed by atoms with van der Waals surface area (Å²) in [6, 6.07) is 9.34. The highest BCUT2D eigenvalue weighted by Gasteiger charge is 2.50. The van der Waals surface area contributed by atoms with Gasteiger partial charge in [-0.25, -0.2) is 9.78 Å². The first-order valence-electron chi connectivity index (χ1n) is 13.1. The van der Waals surface area contributed by atoms with Crippen LogP contribution >= 0.6 is 0 Å².